The molecule has 0 fully saturated rings. The van der Waals surface area contributed by atoms with Gasteiger partial charge < -0.3 is 5.32 Å². The van der Waals surface area contributed by atoms with Crippen molar-refractivity contribution in [3.05, 3.63) is 113 Å². The highest BCUT2D eigenvalue weighted by molar-refractivity contribution is 7.93. The second-order valence-corrected chi connectivity index (χ2v) is 11.5. The first-order valence-electron chi connectivity index (χ1n) is 11.8. The first-order chi connectivity index (χ1) is 18.7. The molecule has 0 atom stereocenters. The van der Waals surface area contributed by atoms with Crippen molar-refractivity contribution in [3.63, 3.8) is 0 Å². The summed E-state index contributed by atoms with van der Waals surface area (Å²) in [6.45, 7) is 1.44. The van der Waals surface area contributed by atoms with Crippen molar-refractivity contribution in [1.29, 1.82) is 0 Å². The van der Waals surface area contributed by atoms with Crippen molar-refractivity contribution >= 4 is 54.5 Å². The first kappa shape index (κ1) is 26.0. The van der Waals surface area contributed by atoms with Gasteiger partial charge in [0.05, 0.1) is 20.8 Å². The number of hydrogen-bond acceptors (Lipinski definition) is 7. The van der Waals surface area contributed by atoms with Gasteiger partial charge in [-0.05, 0) is 67.1 Å². The van der Waals surface area contributed by atoms with Crippen molar-refractivity contribution in [2.75, 3.05) is 16.2 Å². The quantitative estimate of drug-likeness (QED) is 0.184. The van der Waals surface area contributed by atoms with Gasteiger partial charge in [0, 0.05) is 17.3 Å². The van der Waals surface area contributed by atoms with Crippen molar-refractivity contribution in [2.45, 2.75) is 11.8 Å². The summed E-state index contributed by atoms with van der Waals surface area (Å²) in [4.78, 5) is 28.0. The van der Waals surface area contributed by atoms with E-state index >= 15 is 0 Å². The summed E-state index contributed by atoms with van der Waals surface area (Å²) in [5.41, 5.74) is 3.06. The Labute approximate surface area is 228 Å². The van der Waals surface area contributed by atoms with Gasteiger partial charge in [0.25, 0.3) is 15.7 Å². The van der Waals surface area contributed by atoms with Crippen LogP contribution in [0.3, 0.4) is 0 Å². The lowest BCUT2D eigenvalue weighted by atomic mass is 10.2. The third-order valence-electron chi connectivity index (χ3n) is 5.92. The number of carbonyl (C=O) groups is 1. The zero-order chi connectivity index (χ0) is 27.6. The molecule has 1 N–H and O–H groups in total. The average molecular weight is 559 g/mol. The molecule has 5 rings (SSSR count). The summed E-state index contributed by atoms with van der Waals surface area (Å²) in [5.74, 6) is -0.607. The Balaban J connectivity index is 1.38. The van der Waals surface area contributed by atoms with Crippen LogP contribution in [0.5, 0.6) is 0 Å². The molecule has 0 saturated heterocycles. The fraction of sp³-hybridized carbons (Fsp3) is 0.0714. The predicted molar refractivity (Wildman–Crippen MR) is 152 cm³/mol. The van der Waals surface area contributed by atoms with E-state index in [1.807, 2.05) is 31.2 Å². The summed E-state index contributed by atoms with van der Waals surface area (Å²) >= 11 is 1.57. The van der Waals surface area contributed by atoms with E-state index in [1.54, 1.807) is 41.7 Å². The molecule has 11 heteroatoms. The van der Waals surface area contributed by atoms with Crippen LogP contribution in [0.1, 0.15) is 5.56 Å². The molecule has 0 aliphatic heterocycles. The standard InChI is InChI=1S/C28H22N4O5S2/c1-19-11-16-23-25(17-19)38-28(30-23)20-12-14-21(15-13-20)29-27(33)18-31(22-7-3-2-4-8-22)39(36,37)26-10-6-5-9-24(26)32(34)35/h2-17H,18H2,1H3,(H,29,33). The van der Waals surface area contributed by atoms with Crippen LogP contribution >= 0.6 is 11.3 Å². The number of aryl methyl sites for hydroxylation is 1. The minimum atomic E-state index is -4.45. The fourth-order valence-corrected chi connectivity index (χ4v) is 6.69. The molecule has 0 radical (unpaired) electrons. The van der Waals surface area contributed by atoms with E-state index in [2.05, 4.69) is 16.4 Å². The maximum atomic E-state index is 13.6. The van der Waals surface area contributed by atoms with Gasteiger partial charge in [-0.15, -0.1) is 11.3 Å². The first-order valence-corrected chi connectivity index (χ1v) is 14.1. The lowest BCUT2D eigenvalue weighted by Gasteiger charge is -2.24. The van der Waals surface area contributed by atoms with Crippen LogP contribution in [0.15, 0.2) is 102 Å². The molecular formula is C28H22N4O5S2. The van der Waals surface area contributed by atoms with E-state index in [0.717, 1.165) is 42.8 Å². The molecule has 4 aromatic carbocycles. The van der Waals surface area contributed by atoms with Crippen LogP contribution < -0.4 is 9.62 Å². The number of nitro groups is 1. The van der Waals surface area contributed by atoms with Crippen LogP contribution in [0.25, 0.3) is 20.8 Å². The van der Waals surface area contributed by atoms with Crippen molar-refractivity contribution in [2.24, 2.45) is 0 Å². The highest BCUT2D eigenvalue weighted by Crippen LogP contribution is 2.32. The Kier molecular flexibility index (Phi) is 7.09. The molecule has 0 spiro atoms. The highest BCUT2D eigenvalue weighted by atomic mass is 32.2. The number of para-hydroxylation sites is 2. The molecule has 0 unspecified atom stereocenters. The van der Waals surface area contributed by atoms with Gasteiger partial charge >= 0.3 is 0 Å². The number of hydrogen-bond donors (Lipinski definition) is 1. The minimum absolute atomic E-state index is 0.201. The van der Waals surface area contributed by atoms with Crippen LogP contribution in [0.4, 0.5) is 17.1 Å². The molecule has 1 amide bonds. The van der Waals surface area contributed by atoms with Gasteiger partial charge in [0.1, 0.15) is 11.6 Å². The monoisotopic (exact) mass is 558 g/mol. The number of nitro benzene ring substituents is 1. The van der Waals surface area contributed by atoms with Crippen LogP contribution in [-0.4, -0.2) is 30.8 Å². The molecule has 196 valence electrons. The number of anilines is 2. The lowest BCUT2D eigenvalue weighted by molar-refractivity contribution is -0.387. The SMILES string of the molecule is Cc1ccc2nc(-c3ccc(NC(=O)CN(c4ccccc4)S(=O)(=O)c4ccccc4[N+](=O)[O-])cc3)sc2c1. The number of fused-ring (bicyclic) bond motifs is 1. The van der Waals surface area contributed by atoms with Crippen molar-refractivity contribution in [1.82, 2.24) is 4.98 Å². The average Bonchev–Trinajstić information content (AvgIpc) is 3.36. The van der Waals surface area contributed by atoms with E-state index < -0.39 is 38.0 Å². The third-order valence-corrected chi connectivity index (χ3v) is 8.81. The molecular weight excluding hydrogens is 536 g/mol. The van der Waals surface area contributed by atoms with Crippen molar-refractivity contribution < 1.29 is 18.1 Å². The van der Waals surface area contributed by atoms with Gasteiger partial charge in [-0.2, -0.15) is 0 Å². The fourth-order valence-electron chi connectivity index (χ4n) is 4.04. The maximum absolute atomic E-state index is 13.6. The second kappa shape index (κ2) is 10.6. The van der Waals surface area contributed by atoms with Gasteiger partial charge in [-0.1, -0.05) is 36.4 Å². The van der Waals surface area contributed by atoms with E-state index in [-0.39, 0.29) is 5.69 Å². The largest absolute Gasteiger partial charge is 0.325 e. The molecule has 0 saturated carbocycles. The van der Waals surface area contributed by atoms with E-state index in [0.29, 0.717) is 5.69 Å². The molecule has 39 heavy (non-hydrogen) atoms. The van der Waals surface area contributed by atoms with E-state index in [9.17, 15) is 23.3 Å². The van der Waals surface area contributed by atoms with Gasteiger partial charge in [-0.25, -0.2) is 13.4 Å². The Morgan fingerprint density at radius 3 is 2.38 bits per heavy atom. The summed E-state index contributed by atoms with van der Waals surface area (Å²) < 4.78 is 29.1. The normalized spacial score (nSPS) is 11.3. The number of amides is 1. The Morgan fingerprint density at radius 2 is 1.67 bits per heavy atom. The number of benzene rings is 4. The number of carbonyl (C=O) groups excluding carboxylic acids is 1. The summed E-state index contributed by atoms with van der Waals surface area (Å²) in [7, 11) is -4.45. The number of nitrogens with zero attached hydrogens (tertiary/aromatic N) is 3. The summed E-state index contributed by atoms with van der Waals surface area (Å²) in [6, 6.07) is 26.2. The van der Waals surface area contributed by atoms with Crippen LogP contribution in [0.2, 0.25) is 0 Å². The second-order valence-electron chi connectivity index (χ2n) is 8.69. The van der Waals surface area contributed by atoms with E-state index in [1.165, 1.54) is 24.3 Å². The number of sulfonamides is 1. The number of nitrogens with one attached hydrogen (secondary N) is 1. The maximum Gasteiger partial charge on any atom is 0.289 e. The number of rotatable bonds is 8. The topological polar surface area (TPSA) is 123 Å². The zero-order valence-electron chi connectivity index (χ0n) is 20.6. The zero-order valence-corrected chi connectivity index (χ0v) is 22.3. The Hall–Kier alpha value is -4.61. The van der Waals surface area contributed by atoms with Crippen molar-refractivity contribution in [3.8, 4) is 10.6 Å². The predicted octanol–water partition coefficient (Wildman–Crippen LogP) is 6.01. The summed E-state index contributed by atoms with van der Waals surface area (Å²) in [5, 5.41) is 15.1. The minimum Gasteiger partial charge on any atom is -0.325 e. The molecule has 0 aliphatic rings. The highest BCUT2D eigenvalue weighted by Gasteiger charge is 2.33. The van der Waals surface area contributed by atoms with Gasteiger partial charge in [0.15, 0.2) is 4.90 Å². The van der Waals surface area contributed by atoms with E-state index in [4.69, 9.17) is 0 Å². The molecule has 1 heterocycles. The van der Waals surface area contributed by atoms with Gasteiger partial charge in [0.2, 0.25) is 5.91 Å². The molecule has 9 nitrogen and oxygen atoms in total. The molecule has 1 aromatic heterocycles. The summed E-state index contributed by atoms with van der Waals surface area (Å²) in [6.07, 6.45) is 0. The van der Waals surface area contributed by atoms with Gasteiger partial charge in [-0.3, -0.25) is 19.2 Å². The molecule has 5 aromatic rings. The molecule has 0 bridgehead atoms. The Morgan fingerprint density at radius 1 is 0.974 bits per heavy atom. The van der Waals surface area contributed by atoms with Crippen LogP contribution in [-0.2, 0) is 14.8 Å². The lowest BCUT2D eigenvalue weighted by Crippen LogP contribution is -2.38. The van der Waals surface area contributed by atoms with Crippen LogP contribution in [0, 0.1) is 17.0 Å². The third kappa shape index (κ3) is 5.49. The number of aromatic nitrogens is 1. The Bertz CT molecular complexity index is 1790. The molecule has 0 aliphatic carbocycles. The number of thiazole rings is 1. The smallest absolute Gasteiger partial charge is 0.289 e.